The molecule has 0 saturated carbocycles. The fourth-order valence-electron chi connectivity index (χ4n) is 1.45. The van der Waals surface area contributed by atoms with Gasteiger partial charge < -0.3 is 4.74 Å². The highest BCUT2D eigenvalue weighted by molar-refractivity contribution is 7.89. The molecule has 0 spiro atoms. The average Bonchev–Trinajstić information content (AvgIpc) is 2.44. The standard InChI is InChI=1S/C12H14N2O4S/c1-3-14(9-12(15)18-2)19(16,17)11-6-4-5-10(7-11)8-13/h4-7H,3,9H2,1-2H3. The van der Waals surface area contributed by atoms with E-state index in [9.17, 15) is 13.2 Å². The van der Waals surface area contributed by atoms with Crippen LogP contribution in [0.5, 0.6) is 0 Å². The number of nitriles is 1. The molecule has 6 nitrogen and oxygen atoms in total. The number of rotatable bonds is 5. The number of ether oxygens (including phenoxy) is 1. The van der Waals surface area contributed by atoms with Crippen molar-refractivity contribution in [3.63, 3.8) is 0 Å². The fourth-order valence-corrected chi connectivity index (χ4v) is 2.89. The molecule has 102 valence electrons. The summed E-state index contributed by atoms with van der Waals surface area (Å²) in [6.07, 6.45) is 0. The van der Waals surface area contributed by atoms with Crippen molar-refractivity contribution in [1.82, 2.24) is 4.31 Å². The summed E-state index contributed by atoms with van der Waals surface area (Å²) in [4.78, 5) is 11.2. The molecule has 0 radical (unpaired) electrons. The number of carbonyl (C=O) groups is 1. The Kier molecular flexibility index (Phi) is 5.03. The number of carbonyl (C=O) groups excluding carboxylic acids is 1. The fraction of sp³-hybridized carbons (Fsp3) is 0.333. The molecule has 1 aromatic rings. The van der Waals surface area contributed by atoms with Crippen LogP contribution in [0.3, 0.4) is 0 Å². The smallest absolute Gasteiger partial charge is 0.321 e. The molecule has 0 unspecified atom stereocenters. The lowest BCUT2D eigenvalue weighted by Gasteiger charge is -2.19. The minimum atomic E-state index is -3.81. The normalized spacial score (nSPS) is 11.1. The minimum absolute atomic E-state index is 0.0164. The van der Waals surface area contributed by atoms with E-state index in [1.165, 1.54) is 31.4 Å². The maximum absolute atomic E-state index is 12.3. The molecule has 0 bridgehead atoms. The van der Waals surface area contributed by atoms with Gasteiger partial charge in [0.15, 0.2) is 0 Å². The molecule has 0 aliphatic rings. The third-order valence-corrected chi connectivity index (χ3v) is 4.40. The lowest BCUT2D eigenvalue weighted by molar-refractivity contribution is -0.140. The molecular weight excluding hydrogens is 268 g/mol. The van der Waals surface area contributed by atoms with Gasteiger partial charge in [0.2, 0.25) is 10.0 Å². The van der Waals surface area contributed by atoms with Crippen LogP contribution in [0.2, 0.25) is 0 Å². The van der Waals surface area contributed by atoms with Crippen LogP contribution in [0, 0.1) is 11.3 Å². The van der Waals surface area contributed by atoms with E-state index in [-0.39, 0.29) is 23.5 Å². The van der Waals surface area contributed by atoms with E-state index in [0.29, 0.717) is 0 Å². The van der Waals surface area contributed by atoms with Crippen LogP contribution < -0.4 is 0 Å². The van der Waals surface area contributed by atoms with Gasteiger partial charge in [-0.2, -0.15) is 9.57 Å². The second-order valence-electron chi connectivity index (χ2n) is 3.65. The third-order valence-electron chi connectivity index (χ3n) is 2.49. The molecule has 0 aliphatic heterocycles. The summed E-state index contributed by atoms with van der Waals surface area (Å²) >= 11 is 0. The Hall–Kier alpha value is -1.91. The van der Waals surface area contributed by atoms with Crippen LogP contribution in [0.25, 0.3) is 0 Å². The van der Waals surface area contributed by atoms with E-state index in [1.54, 1.807) is 6.92 Å². The van der Waals surface area contributed by atoms with E-state index >= 15 is 0 Å². The number of esters is 1. The first-order valence-electron chi connectivity index (χ1n) is 5.52. The van der Waals surface area contributed by atoms with Crippen molar-refractivity contribution in [3.05, 3.63) is 29.8 Å². The van der Waals surface area contributed by atoms with Crippen LogP contribution in [-0.2, 0) is 19.6 Å². The van der Waals surface area contributed by atoms with Gasteiger partial charge in [-0.25, -0.2) is 8.42 Å². The number of hydrogen-bond acceptors (Lipinski definition) is 5. The number of benzene rings is 1. The molecule has 1 aromatic carbocycles. The van der Waals surface area contributed by atoms with Gasteiger partial charge in [-0.3, -0.25) is 4.79 Å². The second-order valence-corrected chi connectivity index (χ2v) is 5.58. The summed E-state index contributed by atoms with van der Waals surface area (Å²) in [5, 5.41) is 8.77. The van der Waals surface area contributed by atoms with Crippen LogP contribution in [0.15, 0.2) is 29.2 Å². The Morgan fingerprint density at radius 1 is 1.47 bits per heavy atom. The van der Waals surface area contributed by atoms with E-state index in [1.807, 2.05) is 6.07 Å². The van der Waals surface area contributed by atoms with Crippen LogP contribution >= 0.6 is 0 Å². The van der Waals surface area contributed by atoms with Crippen molar-refractivity contribution in [2.75, 3.05) is 20.2 Å². The maximum Gasteiger partial charge on any atom is 0.321 e. The van der Waals surface area contributed by atoms with Crippen LogP contribution in [0.4, 0.5) is 0 Å². The number of sulfonamides is 1. The van der Waals surface area contributed by atoms with Gasteiger partial charge in [0.25, 0.3) is 0 Å². The molecule has 0 N–H and O–H groups in total. The minimum Gasteiger partial charge on any atom is -0.468 e. The summed E-state index contributed by atoms with van der Waals surface area (Å²) in [6.45, 7) is 1.40. The Balaban J connectivity index is 3.13. The molecule has 1 rings (SSSR count). The number of likely N-dealkylation sites (N-methyl/N-ethyl adjacent to an activating group) is 1. The zero-order valence-corrected chi connectivity index (χ0v) is 11.5. The zero-order chi connectivity index (χ0) is 14.5. The lowest BCUT2D eigenvalue weighted by Crippen LogP contribution is -2.36. The molecule has 0 fully saturated rings. The van der Waals surface area contributed by atoms with Crippen molar-refractivity contribution >= 4 is 16.0 Å². The molecular formula is C12H14N2O4S. The first-order valence-corrected chi connectivity index (χ1v) is 6.96. The average molecular weight is 282 g/mol. The van der Waals surface area contributed by atoms with E-state index < -0.39 is 16.0 Å². The van der Waals surface area contributed by atoms with Crippen molar-refractivity contribution < 1.29 is 17.9 Å². The molecule has 0 aliphatic carbocycles. The summed E-state index contributed by atoms with van der Waals surface area (Å²) in [6, 6.07) is 7.52. The maximum atomic E-state index is 12.3. The Morgan fingerprint density at radius 3 is 2.68 bits per heavy atom. The van der Waals surface area contributed by atoms with Gasteiger partial charge in [-0.05, 0) is 18.2 Å². The summed E-state index contributed by atoms with van der Waals surface area (Å²) in [5.74, 6) is -0.637. The predicted molar refractivity (Wildman–Crippen MR) is 67.6 cm³/mol. The van der Waals surface area contributed by atoms with Gasteiger partial charge in [0.05, 0.1) is 23.6 Å². The molecule has 0 amide bonds. The molecule has 0 saturated heterocycles. The van der Waals surface area contributed by atoms with E-state index in [0.717, 1.165) is 4.31 Å². The van der Waals surface area contributed by atoms with Gasteiger partial charge in [0, 0.05) is 6.54 Å². The first-order chi connectivity index (χ1) is 8.95. The molecule has 0 aromatic heterocycles. The second kappa shape index (κ2) is 6.31. The Labute approximate surface area is 112 Å². The highest BCUT2D eigenvalue weighted by Gasteiger charge is 2.25. The summed E-state index contributed by atoms with van der Waals surface area (Å²) in [5.41, 5.74) is 0.246. The van der Waals surface area contributed by atoms with E-state index in [4.69, 9.17) is 5.26 Å². The molecule has 19 heavy (non-hydrogen) atoms. The van der Waals surface area contributed by atoms with Crippen molar-refractivity contribution in [2.24, 2.45) is 0 Å². The highest BCUT2D eigenvalue weighted by Crippen LogP contribution is 2.16. The summed E-state index contributed by atoms with van der Waals surface area (Å²) < 4.78 is 30.0. The van der Waals surface area contributed by atoms with Crippen molar-refractivity contribution in [1.29, 1.82) is 5.26 Å². The molecule has 0 heterocycles. The topological polar surface area (TPSA) is 87.5 Å². The Bertz CT molecular complexity index is 604. The van der Waals surface area contributed by atoms with Gasteiger partial charge in [-0.1, -0.05) is 13.0 Å². The van der Waals surface area contributed by atoms with E-state index in [2.05, 4.69) is 4.74 Å². The monoisotopic (exact) mass is 282 g/mol. The predicted octanol–water partition coefficient (Wildman–Crippen LogP) is 0.742. The van der Waals surface area contributed by atoms with Crippen molar-refractivity contribution in [2.45, 2.75) is 11.8 Å². The largest absolute Gasteiger partial charge is 0.468 e. The van der Waals surface area contributed by atoms with Crippen molar-refractivity contribution in [3.8, 4) is 6.07 Å². The summed E-state index contributed by atoms with van der Waals surface area (Å²) in [7, 11) is -2.61. The van der Waals surface area contributed by atoms with Crippen LogP contribution in [-0.4, -0.2) is 38.9 Å². The van der Waals surface area contributed by atoms with Crippen LogP contribution in [0.1, 0.15) is 12.5 Å². The Morgan fingerprint density at radius 2 is 2.16 bits per heavy atom. The first kappa shape index (κ1) is 15.1. The number of methoxy groups -OCH3 is 1. The zero-order valence-electron chi connectivity index (χ0n) is 10.7. The number of hydrogen-bond donors (Lipinski definition) is 0. The third kappa shape index (κ3) is 3.53. The highest BCUT2D eigenvalue weighted by atomic mass is 32.2. The number of nitrogens with zero attached hydrogens (tertiary/aromatic N) is 2. The lowest BCUT2D eigenvalue weighted by atomic mass is 10.2. The quantitative estimate of drug-likeness (QED) is 0.743. The van der Waals surface area contributed by atoms with Gasteiger partial charge in [0.1, 0.15) is 6.54 Å². The van der Waals surface area contributed by atoms with Gasteiger partial charge >= 0.3 is 5.97 Å². The molecule has 7 heteroatoms. The molecule has 0 atom stereocenters. The SMILES string of the molecule is CCN(CC(=O)OC)S(=O)(=O)c1cccc(C#N)c1. The van der Waals surface area contributed by atoms with Gasteiger partial charge in [-0.15, -0.1) is 0 Å².